The highest BCUT2D eigenvalue weighted by atomic mass is 32.2. The van der Waals surface area contributed by atoms with Gasteiger partial charge in [-0.1, -0.05) is 11.8 Å². The molecule has 112 valence electrons. The second kappa shape index (κ2) is 6.49. The summed E-state index contributed by atoms with van der Waals surface area (Å²) < 4.78 is 5.33. The molecule has 1 aromatic rings. The lowest BCUT2D eigenvalue weighted by molar-refractivity contribution is -0.121. The first-order chi connectivity index (χ1) is 10.1. The van der Waals surface area contributed by atoms with Crippen LogP contribution in [0.3, 0.4) is 0 Å². The first-order valence-corrected chi connectivity index (χ1v) is 7.24. The van der Waals surface area contributed by atoms with E-state index in [1.54, 1.807) is 24.3 Å². The highest BCUT2D eigenvalue weighted by Gasteiger charge is 2.40. The Morgan fingerprint density at radius 1 is 1.43 bits per heavy atom. The molecule has 0 unspecified atom stereocenters. The minimum Gasteiger partial charge on any atom is -0.494 e. The molecule has 1 heterocycles. The van der Waals surface area contributed by atoms with Crippen molar-refractivity contribution in [1.82, 2.24) is 0 Å². The minimum absolute atomic E-state index is 0.0763. The monoisotopic (exact) mass is 308 g/mol. The summed E-state index contributed by atoms with van der Waals surface area (Å²) in [7, 11) is 0. The van der Waals surface area contributed by atoms with E-state index in [0.29, 0.717) is 18.0 Å². The van der Waals surface area contributed by atoms with Gasteiger partial charge in [-0.2, -0.15) is 5.10 Å². The van der Waals surface area contributed by atoms with Crippen LogP contribution < -0.4 is 21.2 Å². The average Bonchev–Trinajstić information content (AvgIpc) is 2.75. The average molecular weight is 308 g/mol. The normalized spacial score (nSPS) is 19.2. The molecule has 1 aliphatic rings. The molecule has 21 heavy (non-hydrogen) atoms. The maximum absolute atomic E-state index is 12.3. The lowest BCUT2D eigenvalue weighted by atomic mass is 10.3. The van der Waals surface area contributed by atoms with Crippen molar-refractivity contribution in [2.24, 2.45) is 16.7 Å². The Balaban J connectivity index is 2.16. The summed E-state index contributed by atoms with van der Waals surface area (Å²) in [5.74, 6) is 5.13. The van der Waals surface area contributed by atoms with Gasteiger partial charge in [0.15, 0.2) is 5.17 Å². The van der Waals surface area contributed by atoms with E-state index < -0.39 is 5.25 Å². The van der Waals surface area contributed by atoms with Gasteiger partial charge < -0.3 is 16.3 Å². The van der Waals surface area contributed by atoms with Crippen molar-refractivity contribution < 1.29 is 14.3 Å². The van der Waals surface area contributed by atoms with Crippen molar-refractivity contribution in [3.8, 4) is 5.75 Å². The van der Waals surface area contributed by atoms with Crippen molar-refractivity contribution in [3.63, 3.8) is 0 Å². The number of carbonyl (C=O) groups excluding carboxylic acids is 2. The van der Waals surface area contributed by atoms with Crippen molar-refractivity contribution in [2.75, 3.05) is 11.5 Å². The molecular weight excluding hydrogens is 292 g/mol. The fourth-order valence-corrected chi connectivity index (χ4v) is 2.79. The number of carbonyl (C=O) groups is 2. The fourth-order valence-electron chi connectivity index (χ4n) is 2.00. The number of thioether (sulfide) groups is 1. The lowest BCUT2D eigenvalue weighted by Crippen LogP contribution is -2.31. The Kier molecular flexibility index (Phi) is 4.69. The van der Waals surface area contributed by atoms with Gasteiger partial charge in [-0.25, -0.2) is 4.90 Å². The second-order valence-electron chi connectivity index (χ2n) is 4.27. The summed E-state index contributed by atoms with van der Waals surface area (Å²) in [6.07, 6.45) is 0.0763. The van der Waals surface area contributed by atoms with Crippen molar-refractivity contribution in [2.45, 2.75) is 18.6 Å². The Labute approximate surface area is 126 Å². The molecule has 0 aliphatic carbocycles. The van der Waals surface area contributed by atoms with Crippen molar-refractivity contribution in [1.29, 1.82) is 0 Å². The molecule has 0 saturated carbocycles. The summed E-state index contributed by atoms with van der Waals surface area (Å²) in [5, 5.41) is 2.79. The summed E-state index contributed by atoms with van der Waals surface area (Å²) >= 11 is 0.995. The predicted octanol–water partition coefficient (Wildman–Crippen LogP) is 0.639. The predicted molar refractivity (Wildman–Crippen MR) is 81.9 cm³/mol. The van der Waals surface area contributed by atoms with Crippen LogP contribution in [0.1, 0.15) is 13.3 Å². The maximum Gasteiger partial charge on any atom is 0.247 e. The Bertz CT molecular complexity index is 573. The first kappa shape index (κ1) is 15.2. The number of ether oxygens (including phenoxy) is 1. The summed E-state index contributed by atoms with van der Waals surface area (Å²) in [6.45, 7) is 2.43. The number of rotatable bonds is 4. The number of nitrogens with two attached hydrogens (primary N) is 2. The molecule has 7 nitrogen and oxygen atoms in total. The van der Waals surface area contributed by atoms with E-state index in [0.717, 1.165) is 16.7 Å². The molecule has 2 rings (SSSR count). The largest absolute Gasteiger partial charge is 0.494 e. The highest BCUT2D eigenvalue weighted by Crippen LogP contribution is 2.30. The smallest absolute Gasteiger partial charge is 0.247 e. The van der Waals surface area contributed by atoms with Crippen molar-refractivity contribution >= 4 is 34.4 Å². The molecule has 1 atom stereocenters. The molecule has 1 aromatic carbocycles. The zero-order valence-electron chi connectivity index (χ0n) is 11.5. The van der Waals surface area contributed by atoms with Gasteiger partial charge in [0, 0.05) is 6.42 Å². The van der Waals surface area contributed by atoms with E-state index in [1.165, 1.54) is 0 Å². The van der Waals surface area contributed by atoms with E-state index in [4.69, 9.17) is 16.3 Å². The van der Waals surface area contributed by atoms with Crippen LogP contribution in [0, 0.1) is 0 Å². The second-order valence-corrected chi connectivity index (χ2v) is 5.50. The number of hydrogen-bond donors (Lipinski definition) is 2. The van der Waals surface area contributed by atoms with E-state index >= 15 is 0 Å². The van der Waals surface area contributed by atoms with E-state index in [-0.39, 0.29) is 23.4 Å². The quantitative estimate of drug-likeness (QED) is 0.277. The third-order valence-electron chi connectivity index (χ3n) is 2.90. The third kappa shape index (κ3) is 3.27. The van der Waals surface area contributed by atoms with Gasteiger partial charge in [-0.05, 0) is 31.2 Å². The molecule has 1 fully saturated rings. The van der Waals surface area contributed by atoms with Crippen molar-refractivity contribution in [3.05, 3.63) is 24.3 Å². The summed E-state index contributed by atoms with van der Waals surface area (Å²) in [5.41, 5.74) is 6.00. The summed E-state index contributed by atoms with van der Waals surface area (Å²) in [6, 6.07) is 6.79. The zero-order valence-corrected chi connectivity index (χ0v) is 12.3. The number of hydrazone groups is 1. The number of amides is 2. The highest BCUT2D eigenvalue weighted by molar-refractivity contribution is 8.14. The molecule has 4 N–H and O–H groups in total. The van der Waals surface area contributed by atoms with Gasteiger partial charge in [-0.15, -0.1) is 0 Å². The molecule has 0 radical (unpaired) electrons. The molecular formula is C13H16N4O3S. The fraction of sp³-hybridized carbons (Fsp3) is 0.308. The van der Waals surface area contributed by atoms with Crippen LogP contribution in [0.4, 0.5) is 5.69 Å². The van der Waals surface area contributed by atoms with Gasteiger partial charge >= 0.3 is 0 Å². The molecule has 2 amide bonds. The SMILES string of the molecule is CCOc1ccc(N2C(=O)C[C@@H](SC(N)=NN)C2=O)cc1. The number of hydrogen-bond acceptors (Lipinski definition) is 6. The topological polar surface area (TPSA) is 111 Å². The zero-order chi connectivity index (χ0) is 15.4. The summed E-state index contributed by atoms with van der Waals surface area (Å²) in [4.78, 5) is 25.5. The third-order valence-corrected chi connectivity index (χ3v) is 3.90. The van der Waals surface area contributed by atoms with Crippen LogP contribution in [-0.2, 0) is 9.59 Å². The molecule has 8 heteroatoms. The van der Waals surface area contributed by atoms with Crippen LogP contribution in [0.25, 0.3) is 0 Å². The van der Waals surface area contributed by atoms with E-state index in [9.17, 15) is 9.59 Å². The number of imide groups is 1. The van der Waals surface area contributed by atoms with Crippen LogP contribution in [0.5, 0.6) is 5.75 Å². The van der Waals surface area contributed by atoms with Crippen LogP contribution in [-0.4, -0.2) is 28.8 Å². The Morgan fingerprint density at radius 3 is 2.67 bits per heavy atom. The van der Waals surface area contributed by atoms with Crippen LogP contribution in [0.2, 0.25) is 0 Å². The van der Waals surface area contributed by atoms with Gasteiger partial charge in [-0.3, -0.25) is 9.59 Å². The molecule has 0 aromatic heterocycles. The van der Waals surface area contributed by atoms with Crippen LogP contribution in [0.15, 0.2) is 29.4 Å². The van der Waals surface area contributed by atoms with Gasteiger partial charge in [0.25, 0.3) is 0 Å². The molecule has 1 aliphatic heterocycles. The Hall–Kier alpha value is -2.22. The van der Waals surface area contributed by atoms with Gasteiger partial charge in [0.1, 0.15) is 11.0 Å². The van der Waals surface area contributed by atoms with E-state index in [2.05, 4.69) is 5.10 Å². The van der Waals surface area contributed by atoms with E-state index in [1.807, 2.05) is 6.92 Å². The number of nitrogens with zero attached hydrogens (tertiary/aromatic N) is 2. The first-order valence-electron chi connectivity index (χ1n) is 6.36. The van der Waals surface area contributed by atoms with Gasteiger partial charge in [0.2, 0.25) is 11.8 Å². The molecule has 0 bridgehead atoms. The number of anilines is 1. The number of amidine groups is 1. The lowest BCUT2D eigenvalue weighted by Gasteiger charge is -2.15. The van der Waals surface area contributed by atoms with Gasteiger partial charge in [0.05, 0.1) is 12.3 Å². The molecule has 1 saturated heterocycles. The van der Waals surface area contributed by atoms with Crippen LogP contribution >= 0.6 is 11.8 Å². The molecule has 0 spiro atoms. The minimum atomic E-state index is -0.587. The Morgan fingerprint density at radius 2 is 2.10 bits per heavy atom. The standard InChI is InChI=1S/C13H16N4O3S/c1-2-20-9-5-3-8(4-6-9)17-11(18)7-10(12(17)19)21-13(14)16-15/h3-6,10H,2,7,15H2,1H3,(H2,14,16)/t10-/m1/s1. The number of benzene rings is 1. The maximum atomic E-state index is 12.3.